The number of hydrogen-bond donors (Lipinski definition) is 2. The van der Waals surface area contributed by atoms with Gasteiger partial charge in [0.1, 0.15) is 0 Å². The van der Waals surface area contributed by atoms with Gasteiger partial charge < -0.3 is 15.3 Å². The van der Waals surface area contributed by atoms with Crippen LogP contribution in [0.3, 0.4) is 0 Å². The van der Waals surface area contributed by atoms with Crippen LogP contribution < -0.4 is 10.2 Å². The number of aryl methyl sites for hydroxylation is 1. The van der Waals surface area contributed by atoms with Gasteiger partial charge in [0.15, 0.2) is 0 Å². The van der Waals surface area contributed by atoms with Crippen LogP contribution in [0.25, 0.3) is 0 Å². The zero-order valence-corrected chi connectivity index (χ0v) is 14.7. The molecule has 0 atom stereocenters. The first-order valence-corrected chi connectivity index (χ1v) is 7.84. The van der Waals surface area contributed by atoms with E-state index >= 15 is 0 Å². The van der Waals surface area contributed by atoms with Crippen LogP contribution in [0.2, 0.25) is 0 Å². The van der Waals surface area contributed by atoms with Crippen molar-refractivity contribution in [1.29, 1.82) is 0 Å². The molecule has 21 heavy (non-hydrogen) atoms. The van der Waals surface area contributed by atoms with Gasteiger partial charge in [-0.25, -0.2) is 0 Å². The molecule has 0 aromatic heterocycles. The molecule has 0 aliphatic rings. The Labute approximate surface area is 130 Å². The summed E-state index contributed by atoms with van der Waals surface area (Å²) in [5.41, 5.74) is 3.21. The summed E-state index contributed by atoms with van der Waals surface area (Å²) >= 11 is 0. The van der Waals surface area contributed by atoms with Crippen LogP contribution in [0.1, 0.15) is 52.7 Å². The van der Waals surface area contributed by atoms with E-state index in [1.807, 2.05) is 13.8 Å². The number of likely N-dealkylation sites (N-methyl/N-ethyl adjacent to an activating group) is 1. The molecule has 0 aliphatic heterocycles. The van der Waals surface area contributed by atoms with Gasteiger partial charge in [-0.05, 0) is 65.7 Å². The lowest BCUT2D eigenvalue weighted by Gasteiger charge is -2.31. The number of aliphatic hydroxyl groups is 1. The lowest BCUT2D eigenvalue weighted by atomic mass is 10.0. The van der Waals surface area contributed by atoms with Crippen LogP contribution in [-0.4, -0.2) is 29.3 Å². The van der Waals surface area contributed by atoms with E-state index in [4.69, 9.17) is 0 Å². The monoisotopic (exact) mass is 292 g/mol. The number of anilines is 1. The maximum Gasteiger partial charge on any atom is 0.0765 e. The summed E-state index contributed by atoms with van der Waals surface area (Å²) in [5.74, 6) is 0. The van der Waals surface area contributed by atoms with E-state index in [2.05, 4.69) is 63.0 Å². The van der Waals surface area contributed by atoms with Crippen molar-refractivity contribution in [3.05, 3.63) is 29.3 Å². The van der Waals surface area contributed by atoms with Gasteiger partial charge >= 0.3 is 0 Å². The van der Waals surface area contributed by atoms with E-state index in [1.165, 1.54) is 16.8 Å². The fourth-order valence-corrected chi connectivity index (χ4v) is 2.38. The predicted molar refractivity (Wildman–Crippen MR) is 92.0 cm³/mol. The molecule has 0 spiro atoms. The van der Waals surface area contributed by atoms with Gasteiger partial charge in [0.2, 0.25) is 0 Å². The molecular formula is C18H32N2O. The summed E-state index contributed by atoms with van der Waals surface area (Å²) in [6.07, 6.45) is 0. The van der Waals surface area contributed by atoms with E-state index in [0.717, 1.165) is 13.1 Å². The van der Waals surface area contributed by atoms with Crippen LogP contribution in [0, 0.1) is 6.92 Å². The minimum Gasteiger partial charge on any atom is -0.389 e. The first kappa shape index (κ1) is 18.0. The van der Waals surface area contributed by atoms with Crippen molar-refractivity contribution in [2.75, 3.05) is 18.0 Å². The van der Waals surface area contributed by atoms with E-state index in [-0.39, 0.29) is 5.54 Å². The van der Waals surface area contributed by atoms with Crippen molar-refractivity contribution in [3.63, 3.8) is 0 Å². The second-order valence-corrected chi connectivity index (χ2v) is 7.55. The Bertz CT molecular complexity index is 455. The van der Waals surface area contributed by atoms with Gasteiger partial charge in [-0.3, -0.25) is 0 Å². The van der Waals surface area contributed by atoms with Crippen molar-refractivity contribution < 1.29 is 5.11 Å². The van der Waals surface area contributed by atoms with E-state index in [1.54, 1.807) is 0 Å². The van der Waals surface area contributed by atoms with E-state index in [0.29, 0.717) is 6.54 Å². The summed E-state index contributed by atoms with van der Waals surface area (Å²) in [6, 6.07) is 6.58. The molecule has 0 fully saturated rings. The molecule has 1 aromatic rings. The van der Waals surface area contributed by atoms with Crippen molar-refractivity contribution in [2.24, 2.45) is 0 Å². The SMILES string of the molecule is CCN(CC(C)(C)O)c1ccc(CNC(C)(C)C)cc1C. The van der Waals surface area contributed by atoms with Gasteiger partial charge in [0.05, 0.1) is 5.60 Å². The predicted octanol–water partition coefficient (Wildman–Crippen LogP) is 3.48. The smallest absolute Gasteiger partial charge is 0.0765 e. The highest BCUT2D eigenvalue weighted by molar-refractivity contribution is 5.54. The molecular weight excluding hydrogens is 260 g/mol. The summed E-state index contributed by atoms with van der Waals surface area (Å²) in [6.45, 7) is 16.9. The normalized spacial score (nSPS) is 12.6. The minimum atomic E-state index is -0.686. The van der Waals surface area contributed by atoms with Crippen molar-refractivity contribution in [1.82, 2.24) is 5.32 Å². The number of nitrogens with zero attached hydrogens (tertiary/aromatic N) is 1. The topological polar surface area (TPSA) is 35.5 Å². The largest absolute Gasteiger partial charge is 0.389 e. The molecule has 0 unspecified atom stereocenters. The second kappa shape index (κ2) is 6.80. The molecule has 1 rings (SSSR count). The van der Waals surface area contributed by atoms with Crippen LogP contribution >= 0.6 is 0 Å². The van der Waals surface area contributed by atoms with Gasteiger partial charge in [-0.15, -0.1) is 0 Å². The van der Waals surface area contributed by atoms with Crippen LogP contribution in [0.5, 0.6) is 0 Å². The summed E-state index contributed by atoms with van der Waals surface area (Å²) < 4.78 is 0. The van der Waals surface area contributed by atoms with Crippen molar-refractivity contribution >= 4 is 5.69 Å². The molecule has 1 aromatic carbocycles. The molecule has 2 N–H and O–H groups in total. The Morgan fingerprint density at radius 1 is 1.14 bits per heavy atom. The first-order chi connectivity index (χ1) is 9.52. The molecule has 3 heteroatoms. The van der Waals surface area contributed by atoms with Crippen LogP contribution in [-0.2, 0) is 6.54 Å². The molecule has 0 saturated carbocycles. The third kappa shape index (κ3) is 6.49. The minimum absolute atomic E-state index is 0.128. The molecule has 0 bridgehead atoms. The van der Waals surface area contributed by atoms with Gasteiger partial charge in [-0.1, -0.05) is 12.1 Å². The van der Waals surface area contributed by atoms with Crippen molar-refractivity contribution in [3.8, 4) is 0 Å². The third-order valence-electron chi connectivity index (χ3n) is 3.38. The van der Waals surface area contributed by atoms with Gasteiger partial charge in [-0.2, -0.15) is 0 Å². The van der Waals surface area contributed by atoms with Gasteiger partial charge in [0, 0.05) is 30.9 Å². The lowest BCUT2D eigenvalue weighted by Crippen LogP contribution is -2.39. The third-order valence-corrected chi connectivity index (χ3v) is 3.38. The molecule has 3 nitrogen and oxygen atoms in total. The number of nitrogens with one attached hydrogen (secondary N) is 1. The standard InChI is InChI=1S/C18H32N2O/c1-8-20(13-18(6,7)21)16-10-9-15(11-14(16)2)12-19-17(3,4)5/h9-11,19,21H,8,12-13H2,1-7H3. The lowest BCUT2D eigenvalue weighted by molar-refractivity contribution is 0.0876. The fraction of sp³-hybridized carbons (Fsp3) is 0.667. The maximum absolute atomic E-state index is 10.0. The Morgan fingerprint density at radius 3 is 2.19 bits per heavy atom. The Kier molecular flexibility index (Phi) is 5.83. The van der Waals surface area contributed by atoms with Gasteiger partial charge in [0.25, 0.3) is 0 Å². The average Bonchev–Trinajstić information content (AvgIpc) is 2.32. The maximum atomic E-state index is 10.0. The molecule has 0 saturated heterocycles. The molecule has 0 aliphatic carbocycles. The zero-order valence-electron chi connectivity index (χ0n) is 14.7. The molecule has 0 amide bonds. The Morgan fingerprint density at radius 2 is 1.76 bits per heavy atom. The first-order valence-electron chi connectivity index (χ1n) is 7.84. The molecule has 120 valence electrons. The molecule has 0 radical (unpaired) electrons. The highest BCUT2D eigenvalue weighted by Gasteiger charge is 2.19. The van der Waals surface area contributed by atoms with Crippen molar-refractivity contribution in [2.45, 2.75) is 66.2 Å². The number of rotatable bonds is 6. The summed E-state index contributed by atoms with van der Waals surface area (Å²) in [5, 5.41) is 13.6. The fourth-order valence-electron chi connectivity index (χ4n) is 2.38. The van der Waals surface area contributed by atoms with E-state index < -0.39 is 5.60 Å². The number of hydrogen-bond acceptors (Lipinski definition) is 3. The van der Waals surface area contributed by atoms with Crippen LogP contribution in [0.15, 0.2) is 18.2 Å². The Balaban J connectivity index is 2.86. The summed E-state index contributed by atoms with van der Waals surface area (Å²) in [7, 11) is 0. The van der Waals surface area contributed by atoms with E-state index in [9.17, 15) is 5.11 Å². The summed E-state index contributed by atoms with van der Waals surface area (Å²) in [4.78, 5) is 2.23. The van der Waals surface area contributed by atoms with Crippen LogP contribution in [0.4, 0.5) is 5.69 Å². The Hall–Kier alpha value is -1.06. The number of benzene rings is 1. The average molecular weight is 292 g/mol. The quantitative estimate of drug-likeness (QED) is 0.842. The highest BCUT2D eigenvalue weighted by Crippen LogP contribution is 2.23. The highest BCUT2D eigenvalue weighted by atomic mass is 16.3. The zero-order chi connectivity index (χ0) is 16.3. The molecule has 0 heterocycles. The second-order valence-electron chi connectivity index (χ2n) is 7.55.